The molecule has 0 saturated carbocycles. The van der Waals surface area contributed by atoms with Crippen LogP contribution in [-0.2, 0) is 14.3 Å². The Morgan fingerprint density at radius 1 is 0.929 bits per heavy atom. The highest BCUT2D eigenvalue weighted by Crippen LogP contribution is 2.17. The minimum atomic E-state index is -0.130. The van der Waals surface area contributed by atoms with Crippen LogP contribution in [0.25, 0.3) is 0 Å². The standard InChI is InChI=1S/C22H29N3O3/c1-16-8-10-19(11-9-16)23-21(26)14-25(12-13-28-4)15-22(27)24-20-7-5-6-17(2)18(20)3/h5-11H,12-15H2,1-4H3,(H,23,26)(H,24,27)/p+1. The molecule has 1 atom stereocenters. The molecule has 3 N–H and O–H groups in total. The van der Waals surface area contributed by atoms with Crippen molar-refractivity contribution in [3.8, 4) is 0 Å². The highest BCUT2D eigenvalue weighted by molar-refractivity contribution is 5.93. The molecule has 0 heterocycles. The summed E-state index contributed by atoms with van der Waals surface area (Å²) in [5.41, 5.74) is 4.86. The lowest BCUT2D eigenvalue weighted by Gasteiger charge is -2.19. The van der Waals surface area contributed by atoms with Gasteiger partial charge in [-0.3, -0.25) is 9.59 Å². The van der Waals surface area contributed by atoms with E-state index in [-0.39, 0.29) is 24.9 Å². The molecule has 0 aliphatic heterocycles. The summed E-state index contributed by atoms with van der Waals surface area (Å²) in [6, 6.07) is 13.5. The largest absolute Gasteiger partial charge is 0.379 e. The Hall–Kier alpha value is -2.70. The minimum Gasteiger partial charge on any atom is -0.379 e. The number of methoxy groups -OCH3 is 1. The lowest BCUT2D eigenvalue weighted by atomic mass is 10.1. The molecule has 0 aromatic heterocycles. The summed E-state index contributed by atoms with van der Waals surface area (Å²) in [5, 5.41) is 5.84. The molecule has 2 aromatic carbocycles. The summed E-state index contributed by atoms with van der Waals surface area (Å²) in [7, 11) is 1.61. The minimum absolute atomic E-state index is 0.122. The van der Waals surface area contributed by atoms with Crippen molar-refractivity contribution in [1.29, 1.82) is 0 Å². The first-order chi connectivity index (χ1) is 13.4. The lowest BCUT2D eigenvalue weighted by molar-refractivity contribution is -0.883. The van der Waals surface area contributed by atoms with Crippen molar-refractivity contribution >= 4 is 23.2 Å². The first kappa shape index (κ1) is 21.6. The van der Waals surface area contributed by atoms with Crippen LogP contribution in [0.4, 0.5) is 11.4 Å². The summed E-state index contributed by atoms with van der Waals surface area (Å²) in [6.07, 6.45) is 0. The predicted molar refractivity (Wildman–Crippen MR) is 112 cm³/mol. The molecular weight excluding hydrogens is 354 g/mol. The number of aryl methyl sites for hydroxylation is 2. The number of amides is 2. The number of anilines is 2. The first-order valence-electron chi connectivity index (χ1n) is 9.44. The van der Waals surface area contributed by atoms with Crippen LogP contribution in [0.2, 0.25) is 0 Å². The fourth-order valence-corrected chi connectivity index (χ4v) is 2.86. The lowest BCUT2D eigenvalue weighted by Crippen LogP contribution is -3.14. The number of hydrogen-bond donors (Lipinski definition) is 3. The van der Waals surface area contributed by atoms with Crippen molar-refractivity contribution in [2.24, 2.45) is 0 Å². The number of nitrogens with one attached hydrogen (secondary N) is 3. The Balaban J connectivity index is 1.95. The molecular formula is C22H30N3O3+. The van der Waals surface area contributed by atoms with Crippen LogP contribution in [0.5, 0.6) is 0 Å². The zero-order valence-electron chi connectivity index (χ0n) is 17.1. The maximum Gasteiger partial charge on any atom is 0.279 e. The maximum absolute atomic E-state index is 12.5. The van der Waals surface area contributed by atoms with E-state index in [1.54, 1.807) is 7.11 Å². The Morgan fingerprint density at radius 2 is 1.57 bits per heavy atom. The number of ether oxygens (including phenoxy) is 1. The quantitative estimate of drug-likeness (QED) is 0.616. The van der Waals surface area contributed by atoms with E-state index in [0.29, 0.717) is 13.2 Å². The van der Waals surface area contributed by atoms with E-state index >= 15 is 0 Å². The normalized spacial score (nSPS) is 11.7. The van der Waals surface area contributed by atoms with Crippen molar-refractivity contribution in [3.63, 3.8) is 0 Å². The molecule has 0 bridgehead atoms. The second-order valence-corrected chi connectivity index (χ2v) is 7.06. The van der Waals surface area contributed by atoms with Gasteiger partial charge in [0.05, 0.1) is 6.61 Å². The van der Waals surface area contributed by atoms with Gasteiger partial charge in [-0.15, -0.1) is 0 Å². The first-order valence-corrected chi connectivity index (χ1v) is 9.44. The monoisotopic (exact) mass is 384 g/mol. The maximum atomic E-state index is 12.5. The van der Waals surface area contributed by atoms with E-state index in [2.05, 4.69) is 10.6 Å². The Morgan fingerprint density at radius 3 is 2.21 bits per heavy atom. The van der Waals surface area contributed by atoms with Gasteiger partial charge in [-0.2, -0.15) is 0 Å². The van der Waals surface area contributed by atoms with Gasteiger partial charge < -0.3 is 20.3 Å². The fourth-order valence-electron chi connectivity index (χ4n) is 2.86. The van der Waals surface area contributed by atoms with Gasteiger partial charge >= 0.3 is 0 Å². The second kappa shape index (κ2) is 10.6. The highest BCUT2D eigenvalue weighted by Gasteiger charge is 2.19. The summed E-state index contributed by atoms with van der Waals surface area (Å²) >= 11 is 0. The molecule has 0 spiro atoms. The average Bonchev–Trinajstić information content (AvgIpc) is 2.65. The summed E-state index contributed by atoms with van der Waals surface area (Å²) in [6.45, 7) is 7.42. The number of hydrogen-bond acceptors (Lipinski definition) is 3. The molecule has 150 valence electrons. The zero-order chi connectivity index (χ0) is 20.5. The van der Waals surface area contributed by atoms with E-state index in [1.165, 1.54) is 0 Å². The van der Waals surface area contributed by atoms with Gasteiger partial charge in [-0.05, 0) is 50.1 Å². The SMILES string of the molecule is COCC[NH+](CC(=O)Nc1ccc(C)cc1)CC(=O)Nc1cccc(C)c1C. The molecule has 1 unspecified atom stereocenters. The molecule has 6 nitrogen and oxygen atoms in total. The summed E-state index contributed by atoms with van der Waals surface area (Å²) < 4.78 is 5.14. The molecule has 0 aliphatic carbocycles. The zero-order valence-corrected chi connectivity index (χ0v) is 17.1. The molecule has 6 heteroatoms. The molecule has 2 amide bonds. The van der Waals surface area contributed by atoms with Crippen molar-refractivity contribution in [3.05, 3.63) is 59.2 Å². The van der Waals surface area contributed by atoms with E-state index < -0.39 is 0 Å². The Bertz CT molecular complexity index is 803. The smallest absolute Gasteiger partial charge is 0.279 e. The third kappa shape index (κ3) is 6.79. The van der Waals surface area contributed by atoms with Crippen molar-refractivity contribution < 1.29 is 19.2 Å². The van der Waals surface area contributed by atoms with E-state index in [1.807, 2.05) is 63.2 Å². The molecule has 2 rings (SSSR count). The van der Waals surface area contributed by atoms with Crippen LogP contribution in [0.1, 0.15) is 16.7 Å². The molecule has 28 heavy (non-hydrogen) atoms. The van der Waals surface area contributed by atoms with Crippen LogP contribution in [0, 0.1) is 20.8 Å². The van der Waals surface area contributed by atoms with Crippen molar-refractivity contribution in [1.82, 2.24) is 0 Å². The number of benzene rings is 2. The summed E-state index contributed by atoms with van der Waals surface area (Å²) in [4.78, 5) is 25.8. The number of rotatable bonds is 9. The molecule has 0 aliphatic rings. The number of quaternary nitrogens is 1. The topological polar surface area (TPSA) is 71.9 Å². The van der Waals surface area contributed by atoms with Gasteiger partial charge in [0.15, 0.2) is 13.1 Å². The second-order valence-electron chi connectivity index (χ2n) is 7.06. The van der Waals surface area contributed by atoms with Crippen LogP contribution in [0.15, 0.2) is 42.5 Å². The average molecular weight is 385 g/mol. The van der Waals surface area contributed by atoms with E-state index in [4.69, 9.17) is 4.74 Å². The van der Waals surface area contributed by atoms with E-state index in [9.17, 15) is 9.59 Å². The van der Waals surface area contributed by atoms with Crippen LogP contribution in [-0.4, -0.2) is 45.2 Å². The van der Waals surface area contributed by atoms with Gasteiger partial charge in [-0.1, -0.05) is 29.8 Å². The van der Waals surface area contributed by atoms with Crippen molar-refractivity contribution in [2.75, 3.05) is 44.0 Å². The van der Waals surface area contributed by atoms with Crippen molar-refractivity contribution in [2.45, 2.75) is 20.8 Å². The van der Waals surface area contributed by atoms with Gasteiger partial charge in [0, 0.05) is 18.5 Å². The number of carbonyl (C=O) groups excluding carboxylic acids is 2. The third-order valence-corrected chi connectivity index (χ3v) is 4.69. The number of carbonyl (C=O) groups is 2. The van der Waals surface area contributed by atoms with Gasteiger partial charge in [0.2, 0.25) is 0 Å². The highest BCUT2D eigenvalue weighted by atomic mass is 16.5. The predicted octanol–water partition coefficient (Wildman–Crippen LogP) is 1.72. The Labute approximate surface area is 166 Å². The van der Waals surface area contributed by atoms with Crippen LogP contribution >= 0.6 is 0 Å². The molecule has 0 saturated heterocycles. The molecule has 0 fully saturated rings. The van der Waals surface area contributed by atoms with Gasteiger partial charge in [0.25, 0.3) is 11.8 Å². The fraction of sp³-hybridized carbons (Fsp3) is 0.364. The van der Waals surface area contributed by atoms with Crippen LogP contribution < -0.4 is 15.5 Å². The molecule has 0 radical (unpaired) electrons. The molecule has 2 aromatic rings. The van der Waals surface area contributed by atoms with Gasteiger partial charge in [0.1, 0.15) is 6.54 Å². The van der Waals surface area contributed by atoms with Crippen LogP contribution in [0.3, 0.4) is 0 Å². The van der Waals surface area contributed by atoms with Gasteiger partial charge in [-0.25, -0.2) is 0 Å². The Kier molecular flexibility index (Phi) is 8.17. The van der Waals surface area contributed by atoms with E-state index in [0.717, 1.165) is 33.0 Å². The third-order valence-electron chi connectivity index (χ3n) is 4.69. The summed E-state index contributed by atoms with van der Waals surface area (Å²) in [5.74, 6) is -0.252.